The van der Waals surface area contributed by atoms with Gasteiger partial charge >= 0.3 is 5.97 Å². The van der Waals surface area contributed by atoms with Crippen LogP contribution in [-0.2, 0) is 20.9 Å². The second-order valence-corrected chi connectivity index (χ2v) is 6.08. The molecule has 0 unspecified atom stereocenters. The predicted molar refractivity (Wildman–Crippen MR) is 98.4 cm³/mol. The number of unbranched alkanes of at least 4 members (excludes halogenated alkanes) is 4. The molecule has 0 aliphatic heterocycles. The van der Waals surface area contributed by atoms with Crippen molar-refractivity contribution in [2.24, 2.45) is 0 Å². The zero-order valence-electron chi connectivity index (χ0n) is 15.5. The molecule has 5 heteroatoms. The van der Waals surface area contributed by atoms with Gasteiger partial charge in [0.25, 0.3) is 0 Å². The van der Waals surface area contributed by atoms with Crippen molar-refractivity contribution in [1.29, 1.82) is 0 Å². The predicted octanol–water partition coefficient (Wildman–Crippen LogP) is 4.00. The number of esters is 1. The van der Waals surface area contributed by atoms with E-state index in [1.807, 2.05) is 24.3 Å². The quantitative estimate of drug-likeness (QED) is 0.432. The van der Waals surface area contributed by atoms with Gasteiger partial charge in [0.1, 0.15) is 5.75 Å². The number of nitrogens with one attached hydrogen (secondary N) is 1. The second-order valence-electron chi connectivity index (χ2n) is 6.08. The van der Waals surface area contributed by atoms with Gasteiger partial charge in [-0.2, -0.15) is 0 Å². The number of para-hydroxylation sites is 1. The molecular formula is C20H31NO4. The van der Waals surface area contributed by atoms with E-state index in [1.54, 1.807) is 7.11 Å². The molecule has 0 bridgehead atoms. The molecule has 0 heterocycles. The zero-order chi connectivity index (χ0) is 18.3. The third-order valence-corrected chi connectivity index (χ3v) is 3.96. The molecule has 0 radical (unpaired) electrons. The van der Waals surface area contributed by atoms with Crippen LogP contribution in [0.5, 0.6) is 5.75 Å². The summed E-state index contributed by atoms with van der Waals surface area (Å²) in [5, 5.41) is 2.85. The van der Waals surface area contributed by atoms with Gasteiger partial charge in [-0.05, 0) is 18.9 Å². The number of carbonyl (C=O) groups is 2. The van der Waals surface area contributed by atoms with E-state index in [0.29, 0.717) is 26.0 Å². The van der Waals surface area contributed by atoms with Gasteiger partial charge < -0.3 is 14.8 Å². The van der Waals surface area contributed by atoms with Gasteiger partial charge in [-0.25, -0.2) is 0 Å². The van der Waals surface area contributed by atoms with E-state index in [1.165, 1.54) is 19.3 Å². The van der Waals surface area contributed by atoms with E-state index in [4.69, 9.17) is 9.47 Å². The standard InChI is InChI=1S/C20H31NO4/c1-3-4-5-6-9-15-25-20(23)14-10-13-19(22)21-16-17-11-7-8-12-18(17)24-2/h7-8,11-12H,3-6,9-10,13-16H2,1-2H3,(H,21,22). The Hall–Kier alpha value is -2.04. The van der Waals surface area contributed by atoms with Crippen molar-refractivity contribution in [3.05, 3.63) is 29.8 Å². The molecule has 25 heavy (non-hydrogen) atoms. The Balaban J connectivity index is 2.09. The minimum atomic E-state index is -0.215. The van der Waals surface area contributed by atoms with Crippen LogP contribution in [-0.4, -0.2) is 25.6 Å². The molecule has 1 amide bonds. The minimum absolute atomic E-state index is 0.0710. The van der Waals surface area contributed by atoms with E-state index in [0.717, 1.165) is 24.2 Å². The largest absolute Gasteiger partial charge is 0.496 e. The summed E-state index contributed by atoms with van der Waals surface area (Å²) in [4.78, 5) is 23.5. The van der Waals surface area contributed by atoms with Crippen molar-refractivity contribution in [1.82, 2.24) is 5.32 Å². The summed E-state index contributed by atoms with van der Waals surface area (Å²) in [7, 11) is 1.61. The first-order chi connectivity index (χ1) is 12.2. The molecule has 0 aliphatic carbocycles. The monoisotopic (exact) mass is 349 g/mol. The fourth-order valence-corrected chi connectivity index (χ4v) is 2.49. The molecular weight excluding hydrogens is 318 g/mol. The van der Waals surface area contributed by atoms with Gasteiger partial charge in [0.05, 0.1) is 13.7 Å². The molecule has 140 valence electrons. The Bertz CT molecular complexity index is 516. The number of hydrogen-bond acceptors (Lipinski definition) is 4. The molecule has 1 N–H and O–H groups in total. The summed E-state index contributed by atoms with van der Waals surface area (Å²) in [6.45, 7) is 3.08. The van der Waals surface area contributed by atoms with E-state index in [9.17, 15) is 9.59 Å². The number of benzene rings is 1. The number of amides is 1. The first-order valence-electron chi connectivity index (χ1n) is 9.21. The van der Waals surface area contributed by atoms with Crippen LogP contribution < -0.4 is 10.1 Å². The van der Waals surface area contributed by atoms with Gasteiger partial charge in [-0.3, -0.25) is 9.59 Å². The SMILES string of the molecule is CCCCCCCOC(=O)CCCC(=O)NCc1ccccc1OC. The lowest BCUT2D eigenvalue weighted by Crippen LogP contribution is -2.23. The number of methoxy groups -OCH3 is 1. The summed E-state index contributed by atoms with van der Waals surface area (Å²) >= 11 is 0. The van der Waals surface area contributed by atoms with E-state index >= 15 is 0 Å². The highest BCUT2D eigenvalue weighted by Gasteiger charge is 2.07. The Labute approximate surface area is 151 Å². The van der Waals surface area contributed by atoms with Gasteiger partial charge in [0.15, 0.2) is 0 Å². The van der Waals surface area contributed by atoms with Gasteiger partial charge in [0.2, 0.25) is 5.91 Å². The Morgan fingerprint density at radius 2 is 1.76 bits per heavy atom. The smallest absolute Gasteiger partial charge is 0.305 e. The molecule has 0 saturated carbocycles. The zero-order valence-corrected chi connectivity index (χ0v) is 15.5. The molecule has 0 aliphatic rings. The number of rotatable bonds is 13. The highest BCUT2D eigenvalue weighted by molar-refractivity contribution is 5.77. The first kappa shape index (κ1) is 21.0. The van der Waals surface area contributed by atoms with Gasteiger partial charge in [0, 0.05) is 24.9 Å². The van der Waals surface area contributed by atoms with Crippen LogP contribution in [0.3, 0.4) is 0 Å². The topological polar surface area (TPSA) is 64.6 Å². The van der Waals surface area contributed by atoms with Crippen molar-refractivity contribution in [2.75, 3.05) is 13.7 Å². The average molecular weight is 349 g/mol. The normalized spacial score (nSPS) is 10.3. The Kier molecular flexibility index (Phi) is 11.2. The van der Waals surface area contributed by atoms with Crippen LogP contribution in [0.25, 0.3) is 0 Å². The highest BCUT2D eigenvalue weighted by Crippen LogP contribution is 2.16. The summed E-state index contributed by atoms with van der Waals surface area (Å²) in [6, 6.07) is 7.57. The third kappa shape index (κ3) is 9.75. The average Bonchev–Trinajstić information content (AvgIpc) is 2.63. The summed E-state index contributed by atoms with van der Waals surface area (Å²) in [5.74, 6) is 0.469. The van der Waals surface area contributed by atoms with Crippen LogP contribution in [0.15, 0.2) is 24.3 Å². The van der Waals surface area contributed by atoms with E-state index in [2.05, 4.69) is 12.2 Å². The number of hydrogen-bond donors (Lipinski definition) is 1. The Morgan fingerprint density at radius 1 is 1.00 bits per heavy atom. The van der Waals surface area contributed by atoms with Crippen LogP contribution in [0.2, 0.25) is 0 Å². The number of carbonyl (C=O) groups excluding carboxylic acids is 2. The lowest BCUT2D eigenvalue weighted by Gasteiger charge is -2.09. The molecule has 5 nitrogen and oxygen atoms in total. The molecule has 0 aromatic heterocycles. The van der Waals surface area contributed by atoms with Crippen molar-refractivity contribution in [2.45, 2.75) is 64.8 Å². The van der Waals surface area contributed by atoms with Gasteiger partial charge in [-0.1, -0.05) is 50.8 Å². The highest BCUT2D eigenvalue weighted by atomic mass is 16.5. The summed E-state index contributed by atoms with van der Waals surface area (Å²) in [5.41, 5.74) is 0.931. The molecule has 0 spiro atoms. The van der Waals surface area contributed by atoms with Crippen LogP contribution in [0.1, 0.15) is 63.9 Å². The summed E-state index contributed by atoms with van der Waals surface area (Å²) in [6.07, 6.45) is 6.78. The molecule has 1 aromatic rings. The lowest BCUT2D eigenvalue weighted by molar-refractivity contribution is -0.143. The molecule has 1 aromatic carbocycles. The van der Waals surface area contributed by atoms with Gasteiger partial charge in [-0.15, -0.1) is 0 Å². The van der Waals surface area contributed by atoms with Crippen LogP contribution >= 0.6 is 0 Å². The van der Waals surface area contributed by atoms with Crippen molar-refractivity contribution in [3.63, 3.8) is 0 Å². The minimum Gasteiger partial charge on any atom is -0.496 e. The lowest BCUT2D eigenvalue weighted by atomic mass is 10.2. The number of ether oxygens (including phenoxy) is 2. The first-order valence-corrected chi connectivity index (χ1v) is 9.21. The fraction of sp³-hybridized carbons (Fsp3) is 0.600. The second kappa shape index (κ2) is 13.3. The molecule has 0 atom stereocenters. The maximum absolute atomic E-state index is 11.9. The Morgan fingerprint density at radius 3 is 2.52 bits per heavy atom. The summed E-state index contributed by atoms with van der Waals surface area (Å²) < 4.78 is 10.4. The molecule has 1 rings (SSSR count). The maximum atomic E-state index is 11.9. The molecule has 0 saturated heterocycles. The van der Waals surface area contributed by atoms with Crippen molar-refractivity contribution in [3.8, 4) is 5.75 Å². The molecule has 0 fully saturated rings. The fourth-order valence-electron chi connectivity index (χ4n) is 2.49. The van der Waals surface area contributed by atoms with Crippen molar-refractivity contribution >= 4 is 11.9 Å². The van der Waals surface area contributed by atoms with E-state index in [-0.39, 0.29) is 18.3 Å². The van der Waals surface area contributed by atoms with Crippen molar-refractivity contribution < 1.29 is 19.1 Å². The van der Waals surface area contributed by atoms with E-state index < -0.39 is 0 Å². The third-order valence-electron chi connectivity index (χ3n) is 3.96. The van der Waals surface area contributed by atoms with Crippen LogP contribution in [0, 0.1) is 0 Å². The maximum Gasteiger partial charge on any atom is 0.305 e. The van der Waals surface area contributed by atoms with Crippen LogP contribution in [0.4, 0.5) is 0 Å².